The van der Waals surface area contributed by atoms with Gasteiger partial charge in [-0.05, 0) is 30.9 Å². The van der Waals surface area contributed by atoms with Gasteiger partial charge in [-0.15, -0.1) is 0 Å². The van der Waals surface area contributed by atoms with E-state index in [-0.39, 0.29) is 5.91 Å². The van der Waals surface area contributed by atoms with Crippen molar-refractivity contribution in [2.75, 3.05) is 11.4 Å². The first-order valence-electron chi connectivity index (χ1n) is 7.99. The molecule has 4 rings (SSSR count). The number of carbonyl (C=O) groups excluding carboxylic acids is 1. The number of aromatic nitrogens is 3. The highest BCUT2D eigenvalue weighted by Crippen LogP contribution is 2.47. The van der Waals surface area contributed by atoms with Crippen LogP contribution in [-0.4, -0.2) is 27.2 Å². The number of anilines is 1. The number of carbonyl (C=O) groups is 1. The molecule has 0 spiro atoms. The smallest absolute Gasteiger partial charge is 0.230 e. The summed E-state index contributed by atoms with van der Waals surface area (Å²) in [5, 5.41) is 4.14. The lowest BCUT2D eigenvalue weighted by atomic mass is 10.2. The molecule has 6 nitrogen and oxygen atoms in total. The van der Waals surface area contributed by atoms with Crippen molar-refractivity contribution in [1.82, 2.24) is 14.8 Å². The van der Waals surface area contributed by atoms with Crippen LogP contribution in [0.2, 0.25) is 0 Å². The molecular weight excluding hydrogens is 280 g/mol. The van der Waals surface area contributed by atoms with Gasteiger partial charge in [0, 0.05) is 31.8 Å². The molecule has 1 saturated carbocycles. The van der Waals surface area contributed by atoms with E-state index >= 15 is 0 Å². The van der Waals surface area contributed by atoms with Crippen molar-refractivity contribution in [2.24, 2.45) is 5.92 Å². The number of hydrogen-bond donors (Lipinski definition) is 0. The summed E-state index contributed by atoms with van der Waals surface area (Å²) in [7, 11) is 0. The van der Waals surface area contributed by atoms with Crippen molar-refractivity contribution in [3.63, 3.8) is 0 Å². The highest BCUT2D eigenvalue weighted by atomic mass is 16.3. The van der Waals surface area contributed by atoms with Gasteiger partial charge in [0.25, 0.3) is 0 Å². The summed E-state index contributed by atoms with van der Waals surface area (Å²) in [6, 6.07) is 4.07. The van der Waals surface area contributed by atoms with Crippen molar-refractivity contribution < 1.29 is 9.21 Å². The maximum Gasteiger partial charge on any atom is 0.230 e. The Balaban J connectivity index is 1.38. The largest absolute Gasteiger partial charge is 0.466 e. The number of hydrogen-bond acceptors (Lipinski definition) is 4. The zero-order valence-corrected chi connectivity index (χ0v) is 12.7. The van der Waals surface area contributed by atoms with Crippen LogP contribution in [-0.2, 0) is 17.8 Å². The summed E-state index contributed by atoms with van der Waals surface area (Å²) in [5.41, 5.74) is 0. The predicted octanol–water partition coefficient (Wildman–Crippen LogP) is 2.36. The molecule has 1 aliphatic carbocycles. The number of amides is 1. The molecule has 22 heavy (non-hydrogen) atoms. The molecule has 2 aromatic heterocycles. The molecule has 0 saturated heterocycles. The minimum atomic E-state index is 0.0895. The fraction of sp³-hybridized carbons (Fsp3) is 0.562. The molecule has 0 bridgehead atoms. The van der Waals surface area contributed by atoms with E-state index in [1.807, 2.05) is 6.07 Å². The summed E-state index contributed by atoms with van der Waals surface area (Å²) in [5.74, 6) is 4.06. The van der Waals surface area contributed by atoms with Gasteiger partial charge in [-0.3, -0.25) is 9.69 Å². The molecule has 6 heteroatoms. The van der Waals surface area contributed by atoms with Crippen LogP contribution in [0.4, 0.5) is 5.95 Å². The lowest BCUT2D eigenvalue weighted by molar-refractivity contribution is -0.118. The molecule has 2 atom stereocenters. The Morgan fingerprint density at radius 1 is 1.41 bits per heavy atom. The summed E-state index contributed by atoms with van der Waals surface area (Å²) in [6.07, 6.45) is 4.74. The normalized spacial score (nSPS) is 23.4. The summed E-state index contributed by atoms with van der Waals surface area (Å²) in [4.78, 5) is 18.4. The predicted molar refractivity (Wildman–Crippen MR) is 80.5 cm³/mol. The second-order valence-corrected chi connectivity index (χ2v) is 6.31. The minimum absolute atomic E-state index is 0.0895. The number of furan rings is 1. The Labute approximate surface area is 129 Å². The fourth-order valence-corrected chi connectivity index (χ4v) is 3.15. The van der Waals surface area contributed by atoms with Crippen LogP contribution in [0, 0.1) is 5.92 Å². The van der Waals surface area contributed by atoms with Crippen LogP contribution in [0.5, 0.6) is 0 Å². The molecule has 2 aromatic rings. The summed E-state index contributed by atoms with van der Waals surface area (Å²) >= 11 is 0. The number of rotatable bonds is 4. The Hall–Kier alpha value is -2.11. The van der Waals surface area contributed by atoms with Gasteiger partial charge in [-0.2, -0.15) is 10.1 Å². The first-order valence-corrected chi connectivity index (χ1v) is 7.99. The average molecular weight is 300 g/mol. The highest BCUT2D eigenvalue weighted by Gasteiger charge is 2.36. The Bertz CT molecular complexity index is 690. The average Bonchev–Trinajstić information content (AvgIpc) is 2.98. The zero-order valence-electron chi connectivity index (χ0n) is 12.7. The third kappa shape index (κ3) is 2.42. The van der Waals surface area contributed by atoms with Gasteiger partial charge in [0.05, 0.1) is 0 Å². The molecule has 3 heterocycles. The maximum absolute atomic E-state index is 12.4. The van der Waals surface area contributed by atoms with Crippen LogP contribution in [0.3, 0.4) is 0 Å². The second kappa shape index (κ2) is 5.26. The Morgan fingerprint density at radius 2 is 2.27 bits per heavy atom. The van der Waals surface area contributed by atoms with Crippen molar-refractivity contribution in [3.05, 3.63) is 30.0 Å². The molecule has 1 amide bonds. The highest BCUT2D eigenvalue weighted by molar-refractivity contribution is 5.91. The number of fused-ring (bicyclic) bond motifs is 1. The monoisotopic (exact) mass is 300 g/mol. The lowest BCUT2D eigenvalue weighted by Gasteiger charge is -2.25. The van der Waals surface area contributed by atoms with Gasteiger partial charge in [0.1, 0.15) is 17.8 Å². The van der Waals surface area contributed by atoms with Crippen LogP contribution in [0.1, 0.15) is 43.6 Å². The molecule has 0 radical (unpaired) electrons. The van der Waals surface area contributed by atoms with Crippen molar-refractivity contribution >= 4 is 11.9 Å². The van der Waals surface area contributed by atoms with Crippen LogP contribution < -0.4 is 4.90 Å². The topological polar surface area (TPSA) is 64.2 Å². The van der Waals surface area contributed by atoms with E-state index in [1.165, 1.54) is 12.7 Å². The number of nitrogens with zero attached hydrogens (tertiary/aromatic N) is 4. The van der Waals surface area contributed by atoms with Crippen LogP contribution in [0.25, 0.3) is 0 Å². The van der Waals surface area contributed by atoms with Gasteiger partial charge in [-0.1, -0.05) is 6.92 Å². The first kappa shape index (κ1) is 13.5. The summed E-state index contributed by atoms with van der Waals surface area (Å²) in [6.45, 7) is 3.80. The second-order valence-electron chi connectivity index (χ2n) is 6.31. The lowest BCUT2D eigenvalue weighted by Crippen LogP contribution is -2.38. The Morgan fingerprint density at radius 3 is 3.09 bits per heavy atom. The SMILES string of the molecule is C[C@H]1C[C@H]1c1ccc(CCC(=O)N2CCCn3ncnc32)o1. The molecule has 0 aromatic carbocycles. The number of aryl methyl sites for hydroxylation is 2. The van der Waals surface area contributed by atoms with E-state index in [4.69, 9.17) is 4.42 Å². The Kier molecular flexibility index (Phi) is 3.24. The fourth-order valence-electron chi connectivity index (χ4n) is 3.15. The zero-order chi connectivity index (χ0) is 15.1. The molecular formula is C16H20N4O2. The van der Waals surface area contributed by atoms with E-state index in [0.29, 0.717) is 24.7 Å². The molecule has 1 aliphatic heterocycles. The van der Waals surface area contributed by atoms with E-state index < -0.39 is 0 Å². The molecule has 0 N–H and O–H groups in total. The van der Waals surface area contributed by atoms with Gasteiger partial charge in [0.15, 0.2) is 0 Å². The third-order valence-electron chi connectivity index (χ3n) is 4.63. The van der Waals surface area contributed by atoms with E-state index in [2.05, 4.69) is 23.1 Å². The molecule has 116 valence electrons. The third-order valence-corrected chi connectivity index (χ3v) is 4.63. The van der Waals surface area contributed by atoms with Crippen LogP contribution in [0.15, 0.2) is 22.9 Å². The van der Waals surface area contributed by atoms with Crippen LogP contribution >= 0.6 is 0 Å². The van der Waals surface area contributed by atoms with Gasteiger partial charge >= 0.3 is 0 Å². The van der Waals surface area contributed by atoms with Crippen molar-refractivity contribution in [3.8, 4) is 0 Å². The van der Waals surface area contributed by atoms with Gasteiger partial charge < -0.3 is 4.42 Å². The standard InChI is InChI=1S/C16H20N4O2/c1-11-9-13(11)14-5-3-12(22-14)4-6-15(21)19-7-2-8-20-16(19)17-10-18-20/h3,5,10-11,13H,2,4,6-9H2,1H3/t11-,13+/m0/s1. The van der Waals surface area contributed by atoms with E-state index in [0.717, 1.165) is 36.9 Å². The van der Waals surface area contributed by atoms with Crippen molar-refractivity contribution in [1.29, 1.82) is 0 Å². The maximum atomic E-state index is 12.4. The van der Waals surface area contributed by atoms with Gasteiger partial charge in [-0.25, -0.2) is 4.68 Å². The minimum Gasteiger partial charge on any atom is -0.466 e. The molecule has 2 aliphatic rings. The van der Waals surface area contributed by atoms with E-state index in [9.17, 15) is 4.79 Å². The first-order chi connectivity index (χ1) is 10.7. The van der Waals surface area contributed by atoms with Crippen molar-refractivity contribution in [2.45, 2.75) is 45.1 Å². The molecule has 0 unspecified atom stereocenters. The van der Waals surface area contributed by atoms with E-state index in [1.54, 1.807) is 9.58 Å². The quantitative estimate of drug-likeness (QED) is 0.869. The van der Waals surface area contributed by atoms with Gasteiger partial charge in [0.2, 0.25) is 11.9 Å². The summed E-state index contributed by atoms with van der Waals surface area (Å²) < 4.78 is 7.66. The molecule has 1 fully saturated rings.